The van der Waals surface area contributed by atoms with Gasteiger partial charge in [-0.3, -0.25) is 4.79 Å². The molecule has 1 fully saturated rings. The third kappa shape index (κ3) is 3.50. The van der Waals surface area contributed by atoms with Crippen LogP contribution in [0.4, 0.5) is 0 Å². The molecule has 1 aromatic carbocycles. The van der Waals surface area contributed by atoms with E-state index in [-0.39, 0.29) is 16.8 Å². The van der Waals surface area contributed by atoms with E-state index in [1.807, 2.05) is 4.90 Å². The molecule has 7 nitrogen and oxygen atoms in total. The summed E-state index contributed by atoms with van der Waals surface area (Å²) in [6, 6.07) is 6.12. The molecule has 0 N–H and O–H groups in total. The lowest BCUT2D eigenvalue weighted by molar-refractivity contribution is 0.0727. The number of sulfone groups is 1. The Hall–Kier alpha value is -2.22. The first-order valence-corrected chi connectivity index (χ1v) is 11.4. The minimum Gasteiger partial charge on any atom is -0.328 e. The lowest BCUT2D eigenvalue weighted by Gasteiger charge is -2.25. The SMILES string of the molecule is CS(=O)(=O)c1ccc(C(=O)N2CCC[C@H]2c2nnc3n2CCCCC3)cc1. The maximum absolute atomic E-state index is 13.1. The maximum Gasteiger partial charge on any atom is 0.254 e. The van der Waals surface area contributed by atoms with Gasteiger partial charge < -0.3 is 9.47 Å². The molecule has 1 saturated heterocycles. The van der Waals surface area contributed by atoms with E-state index in [1.165, 1.54) is 18.6 Å². The number of aromatic nitrogens is 3. The quantitative estimate of drug-likeness (QED) is 0.806. The van der Waals surface area contributed by atoms with Crippen LogP contribution in [0.15, 0.2) is 29.2 Å². The Morgan fingerprint density at radius 1 is 1.04 bits per heavy atom. The number of likely N-dealkylation sites (tertiary alicyclic amines) is 1. The summed E-state index contributed by atoms with van der Waals surface area (Å²) in [5, 5.41) is 8.81. The molecule has 0 saturated carbocycles. The number of carbonyl (C=O) groups is 1. The molecule has 2 aromatic rings. The van der Waals surface area contributed by atoms with Gasteiger partial charge in [0.2, 0.25) is 0 Å². The highest BCUT2D eigenvalue weighted by Crippen LogP contribution is 2.33. The van der Waals surface area contributed by atoms with Crippen molar-refractivity contribution >= 4 is 15.7 Å². The average molecular weight is 388 g/mol. The minimum absolute atomic E-state index is 0.0635. The zero-order valence-corrected chi connectivity index (χ0v) is 16.3. The molecule has 2 aliphatic heterocycles. The van der Waals surface area contributed by atoms with Gasteiger partial charge in [0.25, 0.3) is 5.91 Å². The highest BCUT2D eigenvalue weighted by atomic mass is 32.2. The van der Waals surface area contributed by atoms with Gasteiger partial charge in [-0.25, -0.2) is 8.42 Å². The number of hydrogen-bond acceptors (Lipinski definition) is 5. The predicted octanol–water partition coefficient (Wildman–Crippen LogP) is 2.39. The van der Waals surface area contributed by atoms with E-state index in [0.29, 0.717) is 12.1 Å². The van der Waals surface area contributed by atoms with Crippen LogP contribution in [0.2, 0.25) is 0 Å². The fraction of sp³-hybridized carbons (Fsp3) is 0.526. The molecule has 27 heavy (non-hydrogen) atoms. The molecular weight excluding hydrogens is 364 g/mol. The molecule has 1 amide bonds. The third-order valence-electron chi connectivity index (χ3n) is 5.48. The number of amides is 1. The van der Waals surface area contributed by atoms with Crippen molar-refractivity contribution in [1.29, 1.82) is 0 Å². The Morgan fingerprint density at radius 2 is 1.81 bits per heavy atom. The summed E-state index contributed by atoms with van der Waals surface area (Å²) in [5.41, 5.74) is 0.505. The van der Waals surface area contributed by atoms with Crippen LogP contribution in [0, 0.1) is 0 Å². The molecule has 0 aliphatic carbocycles. The van der Waals surface area contributed by atoms with Crippen LogP contribution in [-0.2, 0) is 22.8 Å². The lowest BCUT2D eigenvalue weighted by atomic mass is 10.1. The summed E-state index contributed by atoms with van der Waals surface area (Å²) in [6.45, 7) is 1.60. The highest BCUT2D eigenvalue weighted by molar-refractivity contribution is 7.90. The van der Waals surface area contributed by atoms with Crippen LogP contribution in [0.1, 0.15) is 60.2 Å². The summed E-state index contributed by atoms with van der Waals surface area (Å²) in [6.07, 6.45) is 7.37. The van der Waals surface area contributed by atoms with Crippen molar-refractivity contribution in [3.8, 4) is 0 Å². The molecule has 8 heteroatoms. The molecule has 0 spiro atoms. The lowest BCUT2D eigenvalue weighted by Crippen LogP contribution is -2.32. The fourth-order valence-electron chi connectivity index (χ4n) is 4.04. The van der Waals surface area contributed by atoms with Crippen molar-refractivity contribution < 1.29 is 13.2 Å². The number of fused-ring (bicyclic) bond motifs is 1. The van der Waals surface area contributed by atoms with Crippen molar-refractivity contribution in [3.63, 3.8) is 0 Å². The molecule has 144 valence electrons. The van der Waals surface area contributed by atoms with Crippen LogP contribution >= 0.6 is 0 Å². The summed E-state index contributed by atoms with van der Waals surface area (Å²) >= 11 is 0. The first kappa shape index (κ1) is 18.2. The zero-order valence-electron chi connectivity index (χ0n) is 15.5. The summed E-state index contributed by atoms with van der Waals surface area (Å²) < 4.78 is 25.5. The molecule has 1 aromatic heterocycles. The van der Waals surface area contributed by atoms with Gasteiger partial charge in [0.15, 0.2) is 15.7 Å². The Balaban J connectivity index is 1.60. The normalized spacial score (nSPS) is 20.3. The highest BCUT2D eigenvalue weighted by Gasteiger charge is 2.34. The molecular formula is C19H24N4O3S. The van der Waals surface area contributed by atoms with E-state index < -0.39 is 9.84 Å². The molecule has 3 heterocycles. The minimum atomic E-state index is -3.27. The van der Waals surface area contributed by atoms with Gasteiger partial charge in [0.1, 0.15) is 5.82 Å². The number of benzene rings is 1. The summed E-state index contributed by atoms with van der Waals surface area (Å²) in [4.78, 5) is 15.1. The van der Waals surface area contributed by atoms with Gasteiger partial charge >= 0.3 is 0 Å². The fourth-order valence-corrected chi connectivity index (χ4v) is 4.67. The average Bonchev–Trinajstić information content (AvgIpc) is 3.21. The van der Waals surface area contributed by atoms with Crippen LogP contribution in [0.25, 0.3) is 0 Å². The molecule has 1 atom stereocenters. The largest absolute Gasteiger partial charge is 0.328 e. The predicted molar refractivity (Wildman–Crippen MR) is 100 cm³/mol. The van der Waals surface area contributed by atoms with Crippen LogP contribution < -0.4 is 0 Å². The Bertz CT molecular complexity index is 950. The van der Waals surface area contributed by atoms with Gasteiger partial charge in [0.05, 0.1) is 10.9 Å². The molecule has 0 unspecified atom stereocenters. The van der Waals surface area contributed by atoms with Gasteiger partial charge in [-0.1, -0.05) is 6.42 Å². The summed E-state index contributed by atoms with van der Waals surface area (Å²) in [7, 11) is -3.27. The molecule has 0 radical (unpaired) electrons. The number of carbonyl (C=O) groups excluding carboxylic acids is 1. The second-order valence-electron chi connectivity index (χ2n) is 7.39. The first-order valence-electron chi connectivity index (χ1n) is 9.48. The van der Waals surface area contributed by atoms with E-state index in [2.05, 4.69) is 14.8 Å². The summed E-state index contributed by atoms with van der Waals surface area (Å²) in [5.74, 6) is 1.84. The van der Waals surface area contributed by atoms with Crippen molar-refractivity contribution in [2.75, 3.05) is 12.8 Å². The van der Waals surface area contributed by atoms with E-state index in [1.54, 1.807) is 12.1 Å². The standard InChI is InChI=1S/C19H24N4O3S/c1-27(25,26)15-10-8-14(9-11-15)19(24)22-13-5-6-16(22)18-21-20-17-7-3-2-4-12-23(17)18/h8-11,16H,2-7,12-13H2,1H3/t16-/m0/s1. The maximum atomic E-state index is 13.1. The second-order valence-corrected chi connectivity index (χ2v) is 9.41. The van der Waals surface area contributed by atoms with Crippen LogP contribution in [0.5, 0.6) is 0 Å². The van der Waals surface area contributed by atoms with E-state index in [4.69, 9.17) is 0 Å². The monoisotopic (exact) mass is 388 g/mol. The van der Waals surface area contributed by atoms with Crippen molar-refractivity contribution in [3.05, 3.63) is 41.5 Å². The van der Waals surface area contributed by atoms with Crippen molar-refractivity contribution in [1.82, 2.24) is 19.7 Å². The Labute approximate surface area is 159 Å². The van der Waals surface area contributed by atoms with E-state index in [0.717, 1.165) is 56.6 Å². The van der Waals surface area contributed by atoms with E-state index in [9.17, 15) is 13.2 Å². The zero-order chi connectivity index (χ0) is 19.0. The number of rotatable bonds is 3. The number of hydrogen-bond donors (Lipinski definition) is 0. The van der Waals surface area contributed by atoms with Gasteiger partial charge in [-0.15, -0.1) is 10.2 Å². The number of nitrogens with zero attached hydrogens (tertiary/aromatic N) is 4. The van der Waals surface area contributed by atoms with Gasteiger partial charge in [-0.2, -0.15) is 0 Å². The topological polar surface area (TPSA) is 85.2 Å². The van der Waals surface area contributed by atoms with E-state index >= 15 is 0 Å². The van der Waals surface area contributed by atoms with Crippen LogP contribution in [-0.4, -0.2) is 46.8 Å². The Morgan fingerprint density at radius 3 is 2.56 bits per heavy atom. The van der Waals surface area contributed by atoms with Gasteiger partial charge in [0, 0.05) is 31.3 Å². The third-order valence-corrected chi connectivity index (χ3v) is 6.61. The Kier molecular flexibility index (Phi) is 4.75. The molecule has 4 rings (SSSR count). The van der Waals surface area contributed by atoms with Crippen LogP contribution in [0.3, 0.4) is 0 Å². The van der Waals surface area contributed by atoms with Crippen molar-refractivity contribution in [2.24, 2.45) is 0 Å². The van der Waals surface area contributed by atoms with Gasteiger partial charge in [-0.05, 0) is 49.9 Å². The smallest absolute Gasteiger partial charge is 0.254 e. The second kappa shape index (κ2) is 7.07. The molecule has 0 bridgehead atoms. The first-order chi connectivity index (χ1) is 12.9. The number of aryl methyl sites for hydroxylation is 1. The van der Waals surface area contributed by atoms with Crippen molar-refractivity contribution in [2.45, 2.75) is 56.0 Å². The molecule has 2 aliphatic rings.